The Hall–Kier alpha value is -1.08. The lowest BCUT2D eigenvalue weighted by Crippen LogP contribution is -2.16. The van der Waals surface area contributed by atoms with Crippen LogP contribution in [0.25, 0.3) is 0 Å². The van der Waals surface area contributed by atoms with Gasteiger partial charge in [-0.25, -0.2) is 0 Å². The third kappa shape index (κ3) is 4.01. The summed E-state index contributed by atoms with van der Waals surface area (Å²) in [5.41, 5.74) is 2.33. The zero-order valence-electron chi connectivity index (χ0n) is 10.5. The second kappa shape index (κ2) is 6.02. The molecule has 0 radical (unpaired) electrons. The maximum Gasteiger partial charge on any atom is 0.101 e. The van der Waals surface area contributed by atoms with Gasteiger partial charge in [0.15, 0.2) is 0 Å². The van der Waals surface area contributed by atoms with Crippen LogP contribution in [0.2, 0.25) is 0 Å². The van der Waals surface area contributed by atoms with Crippen molar-refractivity contribution >= 4 is 12.1 Å². The van der Waals surface area contributed by atoms with Gasteiger partial charge in [-0.1, -0.05) is 20.8 Å². The highest BCUT2D eigenvalue weighted by Crippen LogP contribution is 2.24. The van der Waals surface area contributed by atoms with E-state index in [1.54, 1.807) is 6.20 Å². The maximum absolute atomic E-state index is 11.9. The Balaban J connectivity index is 2.90. The van der Waals surface area contributed by atoms with Crippen LogP contribution in [-0.4, -0.2) is 10.7 Å². The summed E-state index contributed by atoms with van der Waals surface area (Å²) in [6.07, 6.45) is 3.33. The van der Waals surface area contributed by atoms with Gasteiger partial charge in [-0.15, -0.1) is 0 Å². The molecule has 1 heterocycles. The monoisotopic (exact) mass is 252 g/mol. The third-order valence-corrected chi connectivity index (χ3v) is 2.91. The van der Waals surface area contributed by atoms with Crippen LogP contribution in [0.1, 0.15) is 44.0 Å². The van der Waals surface area contributed by atoms with Crippen molar-refractivity contribution in [3.63, 3.8) is 0 Å². The molecule has 1 aromatic rings. The van der Waals surface area contributed by atoms with Crippen LogP contribution in [0.4, 0.5) is 3.89 Å². The summed E-state index contributed by atoms with van der Waals surface area (Å²) in [5, 5.41) is 9.12. The van der Waals surface area contributed by atoms with Gasteiger partial charge in [0.25, 0.3) is 0 Å². The topological polar surface area (TPSA) is 36.7 Å². The average Bonchev–Trinajstić information content (AvgIpc) is 2.28. The molecule has 0 N–H and O–H groups in total. The quantitative estimate of drug-likeness (QED) is 0.765. The number of aromatic nitrogens is 1. The highest BCUT2D eigenvalue weighted by atomic mass is 32.2. The van der Waals surface area contributed by atoms with E-state index in [1.165, 1.54) is 0 Å². The number of halogens is 1. The van der Waals surface area contributed by atoms with Gasteiger partial charge < -0.3 is 0 Å². The van der Waals surface area contributed by atoms with Crippen molar-refractivity contribution in [1.82, 2.24) is 4.98 Å². The van der Waals surface area contributed by atoms with E-state index in [1.807, 2.05) is 26.8 Å². The lowest BCUT2D eigenvalue weighted by Gasteiger charge is -2.19. The summed E-state index contributed by atoms with van der Waals surface area (Å²) in [7, 11) is 0. The van der Waals surface area contributed by atoms with Gasteiger partial charge in [0, 0.05) is 29.5 Å². The second-order valence-electron chi connectivity index (χ2n) is 5.02. The maximum atomic E-state index is 11.9. The molecule has 92 valence electrons. The van der Waals surface area contributed by atoms with E-state index in [0.29, 0.717) is 23.5 Å². The Morgan fingerprint density at radius 3 is 2.71 bits per heavy atom. The summed E-state index contributed by atoms with van der Waals surface area (Å²) in [6.45, 7) is 6.11. The summed E-state index contributed by atoms with van der Waals surface area (Å²) in [4.78, 5) is 4.38. The summed E-state index contributed by atoms with van der Waals surface area (Å²) >= 11 is 0.353. The van der Waals surface area contributed by atoms with Crippen LogP contribution in [0.15, 0.2) is 12.3 Å². The van der Waals surface area contributed by atoms with Crippen LogP contribution >= 0.6 is 12.1 Å². The molecule has 0 unspecified atom stereocenters. The molecule has 0 aliphatic carbocycles. The Labute approximate surface area is 107 Å². The molecule has 0 amide bonds. The largest absolute Gasteiger partial charge is 0.259 e. The van der Waals surface area contributed by atoms with Gasteiger partial charge in [-0.2, -0.15) is 9.15 Å². The predicted octanol–water partition coefficient (Wildman–Crippen LogP) is 3.80. The normalized spacial score (nSPS) is 11.2. The van der Waals surface area contributed by atoms with Crippen molar-refractivity contribution in [1.29, 1.82) is 5.26 Å². The first-order valence-electron chi connectivity index (χ1n) is 5.62. The zero-order valence-corrected chi connectivity index (χ0v) is 11.3. The Bertz CT molecular complexity index is 418. The standard InChI is InChI=1S/C13H17FN2S/c1-13(2,3)12-11(8-15)7-10(9-16-12)5-4-6-17-14/h7,9H,4-6H2,1-3H3. The molecule has 17 heavy (non-hydrogen) atoms. The van der Waals surface area contributed by atoms with Crippen LogP contribution in [0.3, 0.4) is 0 Å². The predicted molar refractivity (Wildman–Crippen MR) is 69.5 cm³/mol. The first kappa shape index (κ1) is 14.0. The second-order valence-corrected chi connectivity index (χ2v) is 5.64. The molecular weight excluding hydrogens is 235 g/mol. The highest BCUT2D eigenvalue weighted by molar-refractivity contribution is 7.94. The Morgan fingerprint density at radius 1 is 1.47 bits per heavy atom. The smallest absolute Gasteiger partial charge is 0.101 e. The van der Waals surface area contributed by atoms with Crippen LogP contribution in [-0.2, 0) is 11.8 Å². The molecule has 4 heteroatoms. The van der Waals surface area contributed by atoms with Gasteiger partial charge in [0.05, 0.1) is 11.3 Å². The van der Waals surface area contributed by atoms with Crippen LogP contribution in [0.5, 0.6) is 0 Å². The molecule has 0 aromatic carbocycles. The van der Waals surface area contributed by atoms with Crippen molar-refractivity contribution in [2.45, 2.75) is 39.0 Å². The Morgan fingerprint density at radius 2 is 2.18 bits per heavy atom. The number of hydrogen-bond donors (Lipinski definition) is 0. The number of pyridine rings is 1. The van der Waals surface area contributed by atoms with E-state index in [0.717, 1.165) is 24.1 Å². The summed E-state index contributed by atoms with van der Waals surface area (Å²) in [5.74, 6) is 0.489. The molecule has 0 spiro atoms. The fourth-order valence-corrected chi connectivity index (χ4v) is 1.91. The molecule has 1 rings (SSSR count). The first-order valence-corrected chi connectivity index (χ1v) is 6.50. The van der Waals surface area contributed by atoms with Gasteiger partial charge >= 0.3 is 0 Å². The van der Waals surface area contributed by atoms with E-state index in [-0.39, 0.29) is 5.41 Å². The molecule has 2 nitrogen and oxygen atoms in total. The molecule has 1 aromatic heterocycles. The van der Waals surface area contributed by atoms with E-state index in [9.17, 15) is 3.89 Å². The van der Waals surface area contributed by atoms with E-state index in [4.69, 9.17) is 5.26 Å². The number of nitriles is 1. The Kier molecular flexibility index (Phi) is 4.95. The summed E-state index contributed by atoms with van der Waals surface area (Å²) in [6, 6.07) is 4.06. The number of nitrogens with zero attached hydrogens (tertiary/aromatic N) is 2. The first-order chi connectivity index (χ1) is 7.99. The van der Waals surface area contributed by atoms with Crippen LogP contribution in [0, 0.1) is 11.3 Å². The number of hydrogen-bond acceptors (Lipinski definition) is 3. The molecule has 0 aliphatic rings. The van der Waals surface area contributed by atoms with Gasteiger partial charge in [-0.05, 0) is 24.5 Å². The van der Waals surface area contributed by atoms with Crippen molar-refractivity contribution in [2.75, 3.05) is 5.75 Å². The van der Waals surface area contributed by atoms with Crippen molar-refractivity contribution in [3.05, 3.63) is 29.1 Å². The van der Waals surface area contributed by atoms with E-state index in [2.05, 4.69) is 11.1 Å². The lowest BCUT2D eigenvalue weighted by atomic mass is 9.88. The zero-order chi connectivity index (χ0) is 12.9. The minimum Gasteiger partial charge on any atom is -0.259 e. The molecule has 0 atom stereocenters. The van der Waals surface area contributed by atoms with Crippen molar-refractivity contribution in [3.8, 4) is 6.07 Å². The average molecular weight is 252 g/mol. The number of aryl methyl sites for hydroxylation is 1. The third-order valence-electron chi connectivity index (χ3n) is 2.46. The van der Waals surface area contributed by atoms with E-state index >= 15 is 0 Å². The van der Waals surface area contributed by atoms with Crippen molar-refractivity contribution < 1.29 is 3.89 Å². The van der Waals surface area contributed by atoms with Gasteiger partial charge in [0.1, 0.15) is 6.07 Å². The van der Waals surface area contributed by atoms with Gasteiger partial charge in [-0.3, -0.25) is 4.98 Å². The molecular formula is C13H17FN2S. The van der Waals surface area contributed by atoms with Gasteiger partial charge in [0.2, 0.25) is 0 Å². The molecule has 0 bridgehead atoms. The molecule has 0 fully saturated rings. The number of rotatable bonds is 4. The van der Waals surface area contributed by atoms with Crippen molar-refractivity contribution in [2.24, 2.45) is 0 Å². The minimum atomic E-state index is -0.127. The lowest BCUT2D eigenvalue weighted by molar-refractivity contribution is 0.566. The van der Waals surface area contributed by atoms with Crippen LogP contribution < -0.4 is 0 Å². The molecule has 0 saturated carbocycles. The van der Waals surface area contributed by atoms with E-state index < -0.39 is 0 Å². The fourth-order valence-electron chi connectivity index (χ4n) is 1.66. The minimum absolute atomic E-state index is 0.127. The highest BCUT2D eigenvalue weighted by Gasteiger charge is 2.19. The fraction of sp³-hybridized carbons (Fsp3) is 0.538. The SMILES string of the molecule is CC(C)(C)c1ncc(CCCSF)cc1C#N. The molecule has 0 aliphatic heterocycles. The summed E-state index contributed by atoms with van der Waals surface area (Å²) < 4.78 is 11.9. The molecule has 0 saturated heterocycles.